The number of aromatic nitrogens is 2. The van der Waals surface area contributed by atoms with Gasteiger partial charge in [-0.3, -0.25) is 9.48 Å². The molecule has 0 amide bonds. The molecule has 0 aliphatic heterocycles. The second kappa shape index (κ2) is 4.57. The molecule has 0 spiro atoms. The summed E-state index contributed by atoms with van der Waals surface area (Å²) in [5.41, 5.74) is -0.501. The fourth-order valence-corrected chi connectivity index (χ4v) is 1.11. The zero-order chi connectivity index (χ0) is 11.6. The highest BCUT2D eigenvalue weighted by molar-refractivity contribution is 6.29. The van der Waals surface area contributed by atoms with E-state index in [2.05, 4.69) is 10.4 Å². The maximum absolute atomic E-state index is 12.2. The Morgan fingerprint density at radius 2 is 2.20 bits per heavy atom. The first-order valence-electron chi connectivity index (χ1n) is 4.20. The molecule has 0 radical (unpaired) electrons. The van der Waals surface area contributed by atoms with Gasteiger partial charge in [0, 0.05) is 13.1 Å². The van der Waals surface area contributed by atoms with Crippen LogP contribution in [-0.4, -0.2) is 22.2 Å². The molecular formula is C8H10ClF2N3O. The molecule has 1 aromatic heterocycles. The molecule has 4 nitrogen and oxygen atoms in total. The Morgan fingerprint density at radius 1 is 1.60 bits per heavy atom. The molecule has 1 unspecified atom stereocenters. The van der Waals surface area contributed by atoms with Crippen molar-refractivity contribution in [3.8, 4) is 0 Å². The number of hydrogen-bond acceptors (Lipinski definition) is 3. The van der Waals surface area contributed by atoms with E-state index < -0.39 is 17.9 Å². The number of halogens is 3. The second-order valence-corrected chi connectivity index (χ2v) is 3.43. The Morgan fingerprint density at radius 3 is 2.73 bits per heavy atom. The third-order valence-electron chi connectivity index (χ3n) is 1.81. The lowest BCUT2D eigenvalue weighted by atomic mass is 10.3. The van der Waals surface area contributed by atoms with Crippen LogP contribution in [0.4, 0.5) is 14.6 Å². The standard InChI is InChI=1S/C8H10ClF2N3O/c1-4(8(10)11)12-6-3-5(15)7(9)13-14(6)2/h3-4,8,12H,1-2H3. The van der Waals surface area contributed by atoms with Gasteiger partial charge >= 0.3 is 0 Å². The fraction of sp³-hybridized carbons (Fsp3) is 0.500. The minimum absolute atomic E-state index is 0.187. The third-order valence-corrected chi connectivity index (χ3v) is 2.07. The predicted octanol–water partition coefficient (Wildman–Crippen LogP) is 1.50. The molecule has 0 aliphatic carbocycles. The van der Waals surface area contributed by atoms with Gasteiger partial charge in [0.2, 0.25) is 5.43 Å². The van der Waals surface area contributed by atoms with Crippen LogP contribution in [0.5, 0.6) is 0 Å². The Kier molecular flexibility index (Phi) is 3.62. The van der Waals surface area contributed by atoms with Gasteiger partial charge < -0.3 is 5.32 Å². The molecule has 0 saturated carbocycles. The summed E-state index contributed by atoms with van der Waals surface area (Å²) in [4.78, 5) is 11.1. The molecule has 7 heteroatoms. The van der Waals surface area contributed by atoms with Crippen molar-refractivity contribution >= 4 is 17.4 Å². The monoisotopic (exact) mass is 237 g/mol. The van der Waals surface area contributed by atoms with Gasteiger partial charge in [-0.15, -0.1) is 0 Å². The molecular weight excluding hydrogens is 228 g/mol. The molecule has 0 saturated heterocycles. The van der Waals surface area contributed by atoms with E-state index in [0.717, 1.165) is 6.07 Å². The van der Waals surface area contributed by atoms with Crippen LogP contribution in [0, 0.1) is 0 Å². The van der Waals surface area contributed by atoms with Gasteiger partial charge in [-0.2, -0.15) is 5.10 Å². The van der Waals surface area contributed by atoms with Crippen LogP contribution in [-0.2, 0) is 7.05 Å². The van der Waals surface area contributed by atoms with Crippen molar-refractivity contribution in [2.24, 2.45) is 7.05 Å². The van der Waals surface area contributed by atoms with Gasteiger partial charge in [-0.1, -0.05) is 11.6 Å². The summed E-state index contributed by atoms with van der Waals surface area (Å²) in [5, 5.41) is 5.93. The summed E-state index contributed by atoms with van der Waals surface area (Å²) >= 11 is 5.46. The number of aryl methyl sites for hydroxylation is 1. The van der Waals surface area contributed by atoms with Crippen LogP contribution in [0.3, 0.4) is 0 Å². The summed E-state index contributed by atoms with van der Waals surface area (Å²) in [5.74, 6) is 0.206. The van der Waals surface area contributed by atoms with E-state index in [1.807, 2.05) is 0 Å². The minimum Gasteiger partial charge on any atom is -0.362 e. The van der Waals surface area contributed by atoms with Gasteiger partial charge in [0.25, 0.3) is 6.43 Å². The van der Waals surface area contributed by atoms with Crippen molar-refractivity contribution < 1.29 is 8.78 Å². The molecule has 1 rings (SSSR count). The maximum Gasteiger partial charge on any atom is 0.258 e. The minimum atomic E-state index is -2.52. The number of hydrogen-bond donors (Lipinski definition) is 1. The van der Waals surface area contributed by atoms with Crippen LogP contribution >= 0.6 is 11.6 Å². The van der Waals surface area contributed by atoms with Gasteiger partial charge in [0.1, 0.15) is 5.82 Å². The molecule has 0 aromatic carbocycles. The molecule has 0 bridgehead atoms. The van der Waals surface area contributed by atoms with Crippen LogP contribution in [0.15, 0.2) is 10.9 Å². The van der Waals surface area contributed by atoms with Crippen molar-refractivity contribution in [1.29, 1.82) is 0 Å². The first kappa shape index (κ1) is 11.9. The summed E-state index contributed by atoms with van der Waals surface area (Å²) in [6, 6.07) is 0.0763. The first-order valence-corrected chi connectivity index (χ1v) is 4.58. The summed E-state index contributed by atoms with van der Waals surface area (Å²) < 4.78 is 25.7. The largest absolute Gasteiger partial charge is 0.362 e. The molecule has 15 heavy (non-hydrogen) atoms. The number of nitrogens with one attached hydrogen (secondary N) is 1. The van der Waals surface area contributed by atoms with E-state index >= 15 is 0 Å². The highest BCUT2D eigenvalue weighted by atomic mass is 35.5. The highest BCUT2D eigenvalue weighted by Crippen LogP contribution is 2.09. The molecule has 1 atom stereocenters. The highest BCUT2D eigenvalue weighted by Gasteiger charge is 2.15. The van der Waals surface area contributed by atoms with Crippen molar-refractivity contribution in [1.82, 2.24) is 9.78 Å². The smallest absolute Gasteiger partial charge is 0.258 e. The zero-order valence-electron chi connectivity index (χ0n) is 8.17. The average Bonchev–Trinajstić information content (AvgIpc) is 2.13. The van der Waals surface area contributed by atoms with Crippen molar-refractivity contribution in [3.63, 3.8) is 0 Å². The van der Waals surface area contributed by atoms with Crippen LogP contribution in [0.2, 0.25) is 5.15 Å². The number of rotatable bonds is 3. The van der Waals surface area contributed by atoms with Gasteiger partial charge in [0.05, 0.1) is 6.04 Å². The number of alkyl halides is 2. The Labute approximate surface area is 89.9 Å². The van der Waals surface area contributed by atoms with Gasteiger partial charge in [0.15, 0.2) is 5.15 Å². The van der Waals surface area contributed by atoms with Crippen molar-refractivity contribution in [2.75, 3.05) is 5.32 Å². The first-order chi connectivity index (χ1) is 6.91. The molecule has 1 N–H and O–H groups in total. The van der Waals surface area contributed by atoms with E-state index in [1.54, 1.807) is 0 Å². The Balaban J connectivity index is 2.96. The molecule has 1 aromatic rings. The predicted molar refractivity (Wildman–Crippen MR) is 53.6 cm³/mol. The van der Waals surface area contributed by atoms with Gasteiger partial charge in [-0.25, -0.2) is 8.78 Å². The lowest BCUT2D eigenvalue weighted by Crippen LogP contribution is -2.27. The Bertz CT molecular complexity index is 407. The third kappa shape index (κ3) is 2.89. The van der Waals surface area contributed by atoms with Gasteiger partial charge in [-0.05, 0) is 6.92 Å². The van der Waals surface area contributed by atoms with E-state index in [-0.39, 0.29) is 11.0 Å². The fourth-order valence-electron chi connectivity index (χ4n) is 0.943. The van der Waals surface area contributed by atoms with E-state index in [0.29, 0.717) is 0 Å². The maximum atomic E-state index is 12.2. The molecule has 0 aliphatic rings. The van der Waals surface area contributed by atoms with Crippen molar-refractivity contribution in [2.45, 2.75) is 19.4 Å². The molecule has 0 fully saturated rings. The molecule has 84 valence electrons. The summed E-state index contributed by atoms with van der Waals surface area (Å²) in [7, 11) is 1.51. The number of nitrogens with zero attached hydrogens (tertiary/aromatic N) is 2. The summed E-state index contributed by atoms with van der Waals surface area (Å²) in [6.45, 7) is 1.31. The Hall–Kier alpha value is -1.17. The van der Waals surface area contributed by atoms with E-state index in [9.17, 15) is 13.6 Å². The molecule has 1 heterocycles. The zero-order valence-corrected chi connectivity index (χ0v) is 8.92. The lowest BCUT2D eigenvalue weighted by molar-refractivity contribution is 0.130. The van der Waals surface area contributed by atoms with E-state index in [1.165, 1.54) is 18.7 Å². The van der Waals surface area contributed by atoms with Crippen LogP contribution in [0.1, 0.15) is 6.92 Å². The second-order valence-electron chi connectivity index (χ2n) is 3.08. The quantitative estimate of drug-likeness (QED) is 0.867. The van der Waals surface area contributed by atoms with Crippen LogP contribution < -0.4 is 10.7 Å². The SMILES string of the molecule is CC(Nc1cc(=O)c(Cl)nn1C)C(F)F. The van der Waals surface area contributed by atoms with E-state index in [4.69, 9.17) is 11.6 Å². The van der Waals surface area contributed by atoms with Crippen molar-refractivity contribution in [3.05, 3.63) is 21.4 Å². The number of anilines is 1. The topological polar surface area (TPSA) is 46.9 Å². The normalized spacial score (nSPS) is 12.9. The lowest BCUT2D eigenvalue weighted by Gasteiger charge is -2.15. The average molecular weight is 238 g/mol. The van der Waals surface area contributed by atoms with Crippen LogP contribution in [0.25, 0.3) is 0 Å². The summed E-state index contributed by atoms with van der Waals surface area (Å²) in [6.07, 6.45) is -2.52.